The predicted octanol–water partition coefficient (Wildman–Crippen LogP) is 4.03. The van der Waals surface area contributed by atoms with E-state index >= 15 is 0 Å². The standard InChI is InChI=1S/C22H32N2O6.C10H18N2OS/c1-7-29-18-9-8-16(19(27)15(2)26)12-17(18)20(28)23-13-22(5,6)30-11-10-21(3,4)24-14-25;1-2-3-4-5-8-9-7(6-14-8)11-10(13)12-9/h8-9,12,14H,7,10-11,13H2,1-6H3,(H,23,28)(H,24,25);7-9H,2-6H2,1H3,(H2,11,12,13). The molecule has 3 atom stereocenters. The first kappa shape index (κ1) is 37.1. The summed E-state index contributed by atoms with van der Waals surface area (Å²) >= 11 is 2.01. The number of carbonyl (C=O) groups excluding carboxylic acids is 5. The van der Waals surface area contributed by atoms with Gasteiger partial charge in [0.1, 0.15) is 5.75 Å². The minimum absolute atomic E-state index is 0.0285. The van der Waals surface area contributed by atoms with Crippen molar-refractivity contribution >= 4 is 41.7 Å². The third-order valence-electron chi connectivity index (χ3n) is 7.48. The van der Waals surface area contributed by atoms with E-state index in [2.05, 4.69) is 28.2 Å². The first-order valence-corrected chi connectivity index (χ1v) is 16.4. The maximum absolute atomic E-state index is 12.8. The molecule has 0 saturated carbocycles. The molecule has 0 aromatic heterocycles. The van der Waals surface area contributed by atoms with Crippen molar-refractivity contribution in [2.45, 2.75) is 109 Å². The number of unbranched alkanes of at least 4 members (excludes halogenated alkanes) is 2. The molecule has 2 fully saturated rings. The molecule has 11 nitrogen and oxygen atoms in total. The van der Waals surface area contributed by atoms with Crippen LogP contribution in [0, 0.1) is 0 Å². The van der Waals surface area contributed by atoms with E-state index in [0.717, 1.165) is 5.75 Å². The second kappa shape index (κ2) is 17.4. The molecule has 2 aliphatic rings. The van der Waals surface area contributed by atoms with Crippen LogP contribution >= 0.6 is 11.8 Å². The molecule has 12 heteroatoms. The van der Waals surface area contributed by atoms with Crippen molar-refractivity contribution in [3.8, 4) is 5.75 Å². The first-order valence-electron chi connectivity index (χ1n) is 15.4. The third kappa shape index (κ3) is 11.8. The molecule has 3 rings (SSSR count). The normalized spacial score (nSPS) is 19.1. The second-order valence-corrected chi connectivity index (χ2v) is 13.6. The van der Waals surface area contributed by atoms with Crippen molar-refractivity contribution in [1.29, 1.82) is 0 Å². The number of rotatable bonds is 17. The van der Waals surface area contributed by atoms with Crippen LogP contribution in [0.2, 0.25) is 0 Å². The third-order valence-corrected chi connectivity index (χ3v) is 8.99. The Balaban J connectivity index is 0.000000396. The second-order valence-electron chi connectivity index (χ2n) is 12.3. The van der Waals surface area contributed by atoms with Gasteiger partial charge in [-0.15, -0.1) is 0 Å². The topological polar surface area (TPSA) is 152 Å². The number of nitrogens with one attached hydrogen (secondary N) is 4. The average Bonchev–Trinajstić information content (AvgIpc) is 3.51. The van der Waals surface area contributed by atoms with E-state index in [4.69, 9.17) is 9.47 Å². The largest absolute Gasteiger partial charge is 0.493 e. The van der Waals surface area contributed by atoms with E-state index in [1.165, 1.54) is 50.8 Å². The molecule has 0 aliphatic carbocycles. The SMILES string of the molecule is CCCCCC1SCC2NC(=O)NC21.CCOc1ccc(C(=O)C(C)=O)cc1C(=O)NCC(C)(C)OCCC(C)(C)NC=O. The van der Waals surface area contributed by atoms with E-state index < -0.39 is 28.6 Å². The van der Waals surface area contributed by atoms with E-state index in [1.54, 1.807) is 6.92 Å². The summed E-state index contributed by atoms with van der Waals surface area (Å²) in [5, 5.41) is 12.2. The molecule has 0 bridgehead atoms. The summed E-state index contributed by atoms with van der Waals surface area (Å²) in [7, 11) is 0. The number of Topliss-reactive ketones (excluding diaryl/α,β-unsaturated/α-hetero) is 2. The molecule has 246 valence electrons. The molecule has 3 unspecified atom stereocenters. The van der Waals surface area contributed by atoms with Gasteiger partial charge in [-0.2, -0.15) is 11.8 Å². The molecule has 2 saturated heterocycles. The minimum atomic E-state index is -0.665. The van der Waals surface area contributed by atoms with Gasteiger partial charge >= 0.3 is 6.03 Å². The van der Waals surface area contributed by atoms with Gasteiger partial charge in [-0.25, -0.2) is 4.79 Å². The molecule has 4 amide bonds. The number of hydrogen-bond donors (Lipinski definition) is 4. The Labute approximate surface area is 265 Å². The minimum Gasteiger partial charge on any atom is -0.493 e. The zero-order valence-electron chi connectivity index (χ0n) is 27.2. The lowest BCUT2D eigenvalue weighted by molar-refractivity contribution is -0.113. The summed E-state index contributed by atoms with van der Waals surface area (Å²) in [6, 6.07) is 5.15. The van der Waals surface area contributed by atoms with Crippen LogP contribution in [0.1, 0.15) is 101 Å². The van der Waals surface area contributed by atoms with Crippen molar-refractivity contribution in [2.24, 2.45) is 0 Å². The van der Waals surface area contributed by atoms with Crippen LogP contribution in [0.5, 0.6) is 5.75 Å². The van der Waals surface area contributed by atoms with Crippen LogP contribution in [-0.4, -0.2) is 83.9 Å². The summed E-state index contributed by atoms with van der Waals surface area (Å²) in [4.78, 5) is 57.8. The Morgan fingerprint density at radius 3 is 2.48 bits per heavy atom. The number of urea groups is 1. The number of fused-ring (bicyclic) bond motifs is 1. The molecule has 1 aromatic rings. The quantitative estimate of drug-likeness (QED) is 0.0659. The van der Waals surface area contributed by atoms with E-state index in [1.807, 2.05) is 39.5 Å². The van der Waals surface area contributed by atoms with Crippen LogP contribution in [0.4, 0.5) is 4.79 Å². The van der Waals surface area contributed by atoms with Crippen LogP contribution in [-0.2, 0) is 14.3 Å². The lowest BCUT2D eigenvalue weighted by atomic mass is 10.0. The summed E-state index contributed by atoms with van der Waals surface area (Å²) in [6.07, 6.45) is 6.40. The van der Waals surface area contributed by atoms with Crippen molar-refractivity contribution in [2.75, 3.05) is 25.5 Å². The molecular weight excluding hydrogens is 584 g/mol. The zero-order chi connectivity index (χ0) is 32.9. The van der Waals surface area contributed by atoms with Gasteiger partial charge in [0.2, 0.25) is 12.2 Å². The highest BCUT2D eigenvalue weighted by Gasteiger charge is 2.42. The van der Waals surface area contributed by atoms with Gasteiger partial charge in [-0.1, -0.05) is 26.2 Å². The summed E-state index contributed by atoms with van der Waals surface area (Å²) in [6.45, 7) is 13.6. The molecule has 1 aromatic carbocycles. The van der Waals surface area contributed by atoms with Crippen LogP contribution < -0.4 is 26.0 Å². The Bertz CT molecular complexity index is 1160. The monoisotopic (exact) mass is 634 g/mol. The molecule has 2 aliphatic heterocycles. The van der Waals surface area contributed by atoms with Crippen LogP contribution in [0.25, 0.3) is 0 Å². The number of thioether (sulfide) groups is 1. The smallest absolute Gasteiger partial charge is 0.315 e. The number of carbonyl (C=O) groups is 5. The number of ketones is 2. The molecule has 44 heavy (non-hydrogen) atoms. The fourth-order valence-corrected chi connectivity index (χ4v) is 6.37. The van der Waals surface area contributed by atoms with Crippen LogP contribution in [0.15, 0.2) is 18.2 Å². The lowest BCUT2D eigenvalue weighted by Gasteiger charge is -2.29. The maximum Gasteiger partial charge on any atom is 0.315 e. The van der Waals surface area contributed by atoms with Crippen LogP contribution in [0.3, 0.4) is 0 Å². The fraction of sp³-hybridized carbons (Fsp3) is 0.656. The average molecular weight is 635 g/mol. The summed E-state index contributed by atoms with van der Waals surface area (Å²) < 4.78 is 11.4. The molecule has 0 spiro atoms. The molecule has 0 radical (unpaired) electrons. The molecule has 2 heterocycles. The first-order chi connectivity index (χ1) is 20.7. The Morgan fingerprint density at radius 2 is 1.84 bits per heavy atom. The zero-order valence-corrected chi connectivity index (χ0v) is 28.0. The van der Waals surface area contributed by atoms with Gasteiger partial charge < -0.3 is 30.7 Å². The van der Waals surface area contributed by atoms with E-state index in [0.29, 0.717) is 49.1 Å². The van der Waals surface area contributed by atoms with Gasteiger partial charge in [0.25, 0.3) is 5.91 Å². The molecule has 4 N–H and O–H groups in total. The van der Waals surface area contributed by atoms with E-state index in [9.17, 15) is 24.0 Å². The number of benzene rings is 1. The highest BCUT2D eigenvalue weighted by molar-refractivity contribution is 8.00. The van der Waals surface area contributed by atoms with Gasteiger partial charge in [0, 0.05) is 42.2 Å². The van der Waals surface area contributed by atoms with Gasteiger partial charge in [-0.05, 0) is 65.7 Å². The highest BCUT2D eigenvalue weighted by atomic mass is 32.2. The molecular formula is C32H50N4O7S. The van der Waals surface area contributed by atoms with Gasteiger partial charge in [0.15, 0.2) is 5.78 Å². The highest BCUT2D eigenvalue weighted by Crippen LogP contribution is 2.33. The summed E-state index contributed by atoms with van der Waals surface area (Å²) in [5.74, 6) is -0.290. The number of amides is 4. The lowest BCUT2D eigenvalue weighted by Crippen LogP contribution is -2.43. The number of hydrogen-bond acceptors (Lipinski definition) is 8. The van der Waals surface area contributed by atoms with Crippen molar-refractivity contribution in [1.82, 2.24) is 21.3 Å². The van der Waals surface area contributed by atoms with Gasteiger partial charge in [-0.3, -0.25) is 19.2 Å². The van der Waals surface area contributed by atoms with Crippen molar-refractivity contribution < 1.29 is 33.4 Å². The van der Waals surface area contributed by atoms with E-state index in [-0.39, 0.29) is 23.7 Å². The predicted molar refractivity (Wildman–Crippen MR) is 173 cm³/mol. The fourth-order valence-electron chi connectivity index (χ4n) is 4.83. The maximum atomic E-state index is 12.8. The van der Waals surface area contributed by atoms with Crippen molar-refractivity contribution in [3.05, 3.63) is 29.3 Å². The Kier molecular flexibility index (Phi) is 14.6. The number of ether oxygens (including phenoxy) is 2. The Hall–Kier alpha value is -3.12. The van der Waals surface area contributed by atoms with Gasteiger partial charge in [0.05, 0.1) is 29.9 Å². The van der Waals surface area contributed by atoms with Crippen molar-refractivity contribution in [3.63, 3.8) is 0 Å². The Morgan fingerprint density at radius 1 is 1.11 bits per heavy atom. The summed E-state index contributed by atoms with van der Waals surface area (Å²) in [5.41, 5.74) is -0.740.